The number of carboxylic acids is 1. The van der Waals surface area contributed by atoms with Crippen molar-refractivity contribution in [1.29, 1.82) is 0 Å². The number of pyridine rings is 1. The van der Waals surface area contributed by atoms with E-state index >= 15 is 0 Å². The average molecular weight is 256 g/mol. The van der Waals surface area contributed by atoms with Gasteiger partial charge in [-0.3, -0.25) is 9.78 Å². The van der Waals surface area contributed by atoms with Crippen molar-refractivity contribution in [3.63, 3.8) is 0 Å². The Morgan fingerprint density at radius 2 is 2.32 bits per heavy atom. The van der Waals surface area contributed by atoms with E-state index in [1.165, 1.54) is 0 Å². The van der Waals surface area contributed by atoms with E-state index in [-0.39, 0.29) is 0 Å². The predicted molar refractivity (Wildman–Crippen MR) is 73.1 cm³/mol. The van der Waals surface area contributed by atoms with Crippen molar-refractivity contribution in [2.75, 3.05) is 6.54 Å². The molecule has 0 bridgehead atoms. The van der Waals surface area contributed by atoms with Crippen LogP contribution >= 0.6 is 0 Å². The van der Waals surface area contributed by atoms with Crippen molar-refractivity contribution >= 4 is 16.9 Å². The third-order valence-corrected chi connectivity index (χ3v) is 3.83. The molecule has 1 saturated heterocycles. The molecule has 0 saturated carbocycles. The normalized spacial score (nSPS) is 22.7. The van der Waals surface area contributed by atoms with E-state index < -0.39 is 11.5 Å². The molecule has 0 spiro atoms. The number of nitrogens with zero attached hydrogens (tertiary/aromatic N) is 1. The van der Waals surface area contributed by atoms with Crippen LogP contribution in [0, 0.1) is 0 Å². The van der Waals surface area contributed by atoms with E-state index in [1.807, 2.05) is 30.3 Å². The summed E-state index contributed by atoms with van der Waals surface area (Å²) >= 11 is 0. The van der Waals surface area contributed by atoms with Crippen molar-refractivity contribution in [1.82, 2.24) is 10.3 Å². The van der Waals surface area contributed by atoms with Gasteiger partial charge in [-0.05, 0) is 43.1 Å². The summed E-state index contributed by atoms with van der Waals surface area (Å²) in [6.45, 7) is 0.779. The highest BCUT2D eigenvalue weighted by atomic mass is 16.4. The summed E-state index contributed by atoms with van der Waals surface area (Å²) in [5.74, 6) is -0.753. The van der Waals surface area contributed by atoms with Crippen molar-refractivity contribution in [3.8, 4) is 0 Å². The summed E-state index contributed by atoms with van der Waals surface area (Å²) in [7, 11) is 0. The summed E-state index contributed by atoms with van der Waals surface area (Å²) in [6.07, 6.45) is 3.89. The monoisotopic (exact) mass is 256 g/mol. The van der Waals surface area contributed by atoms with Gasteiger partial charge in [0.05, 0.1) is 5.52 Å². The summed E-state index contributed by atoms with van der Waals surface area (Å²) in [6, 6.07) is 9.86. The van der Waals surface area contributed by atoms with E-state index in [2.05, 4.69) is 10.3 Å². The van der Waals surface area contributed by atoms with Gasteiger partial charge in [0.1, 0.15) is 5.54 Å². The number of hydrogen-bond acceptors (Lipinski definition) is 3. The molecule has 1 atom stereocenters. The number of rotatable bonds is 3. The largest absolute Gasteiger partial charge is 0.480 e. The van der Waals surface area contributed by atoms with Crippen LogP contribution in [-0.2, 0) is 11.2 Å². The minimum Gasteiger partial charge on any atom is -0.480 e. The second-order valence-electron chi connectivity index (χ2n) is 5.12. The molecular weight excluding hydrogens is 240 g/mol. The first-order valence-electron chi connectivity index (χ1n) is 6.52. The SMILES string of the molecule is O=C(O)C1(Cc2ccc3ncccc3c2)CCCN1. The molecule has 4 heteroatoms. The highest BCUT2D eigenvalue weighted by Crippen LogP contribution is 2.26. The maximum Gasteiger partial charge on any atom is 0.324 e. The van der Waals surface area contributed by atoms with Crippen LogP contribution in [-0.4, -0.2) is 28.1 Å². The van der Waals surface area contributed by atoms with E-state index in [0.717, 1.165) is 29.4 Å². The van der Waals surface area contributed by atoms with Gasteiger partial charge in [-0.2, -0.15) is 0 Å². The standard InChI is InChI=1S/C15H16N2O2/c18-14(19)15(6-2-8-17-15)10-11-4-5-13-12(9-11)3-1-7-16-13/h1,3-5,7,9,17H,2,6,8,10H2,(H,18,19). The van der Waals surface area contributed by atoms with Gasteiger partial charge in [-0.15, -0.1) is 0 Å². The zero-order chi connectivity index (χ0) is 13.3. The Kier molecular flexibility index (Phi) is 2.95. The molecule has 1 aromatic carbocycles. The highest BCUT2D eigenvalue weighted by molar-refractivity contribution is 5.81. The second kappa shape index (κ2) is 4.63. The highest BCUT2D eigenvalue weighted by Gasteiger charge is 2.40. The van der Waals surface area contributed by atoms with Gasteiger partial charge in [-0.1, -0.05) is 12.1 Å². The molecule has 2 heterocycles. The molecule has 98 valence electrons. The minimum atomic E-state index is -0.796. The Labute approximate surface area is 111 Å². The molecule has 0 aliphatic carbocycles. The molecule has 0 radical (unpaired) electrons. The van der Waals surface area contributed by atoms with Crippen LogP contribution in [0.3, 0.4) is 0 Å². The smallest absolute Gasteiger partial charge is 0.324 e. The van der Waals surface area contributed by atoms with Crippen molar-refractivity contribution in [2.45, 2.75) is 24.8 Å². The van der Waals surface area contributed by atoms with Crippen LogP contribution < -0.4 is 5.32 Å². The molecule has 1 unspecified atom stereocenters. The Morgan fingerprint density at radius 3 is 3.05 bits per heavy atom. The first kappa shape index (κ1) is 12.1. The second-order valence-corrected chi connectivity index (χ2v) is 5.12. The third kappa shape index (κ3) is 2.19. The van der Waals surface area contributed by atoms with Crippen LogP contribution in [0.4, 0.5) is 0 Å². The van der Waals surface area contributed by atoms with E-state index in [0.29, 0.717) is 12.8 Å². The zero-order valence-corrected chi connectivity index (χ0v) is 10.6. The summed E-state index contributed by atoms with van der Waals surface area (Å²) in [5.41, 5.74) is 1.18. The number of nitrogens with one attached hydrogen (secondary N) is 1. The number of aliphatic carboxylic acids is 1. The van der Waals surface area contributed by atoms with Crippen LogP contribution in [0.25, 0.3) is 10.9 Å². The molecule has 4 nitrogen and oxygen atoms in total. The van der Waals surface area contributed by atoms with Crippen molar-refractivity contribution < 1.29 is 9.90 Å². The maximum absolute atomic E-state index is 11.5. The molecular formula is C15H16N2O2. The van der Waals surface area contributed by atoms with E-state index in [9.17, 15) is 9.90 Å². The molecule has 1 aliphatic heterocycles. The van der Waals surface area contributed by atoms with Gasteiger partial charge in [0, 0.05) is 18.0 Å². The first-order valence-corrected chi connectivity index (χ1v) is 6.52. The van der Waals surface area contributed by atoms with E-state index in [1.54, 1.807) is 6.20 Å². The Morgan fingerprint density at radius 1 is 1.42 bits per heavy atom. The van der Waals surface area contributed by atoms with Crippen molar-refractivity contribution in [3.05, 3.63) is 42.1 Å². The van der Waals surface area contributed by atoms with Crippen LogP contribution in [0.2, 0.25) is 0 Å². The maximum atomic E-state index is 11.5. The number of hydrogen-bond donors (Lipinski definition) is 2. The molecule has 1 aliphatic rings. The zero-order valence-electron chi connectivity index (χ0n) is 10.6. The quantitative estimate of drug-likeness (QED) is 0.881. The number of benzene rings is 1. The fourth-order valence-electron chi connectivity index (χ4n) is 2.80. The fourth-order valence-corrected chi connectivity index (χ4v) is 2.80. The average Bonchev–Trinajstić information content (AvgIpc) is 2.88. The van der Waals surface area contributed by atoms with Crippen LogP contribution in [0.1, 0.15) is 18.4 Å². The topological polar surface area (TPSA) is 62.2 Å². The first-order chi connectivity index (χ1) is 9.20. The molecule has 1 aromatic heterocycles. The summed E-state index contributed by atoms with van der Waals surface area (Å²) in [4.78, 5) is 15.8. The Hall–Kier alpha value is -1.94. The van der Waals surface area contributed by atoms with Crippen LogP contribution in [0.5, 0.6) is 0 Å². The van der Waals surface area contributed by atoms with Gasteiger partial charge < -0.3 is 10.4 Å². The fraction of sp³-hybridized carbons (Fsp3) is 0.333. The number of fused-ring (bicyclic) bond motifs is 1. The molecule has 2 aromatic rings. The van der Waals surface area contributed by atoms with Crippen molar-refractivity contribution in [2.24, 2.45) is 0 Å². The molecule has 2 N–H and O–H groups in total. The summed E-state index contributed by atoms with van der Waals surface area (Å²) < 4.78 is 0. The van der Waals surface area contributed by atoms with Gasteiger partial charge in [-0.25, -0.2) is 0 Å². The predicted octanol–water partition coefficient (Wildman–Crippen LogP) is 1.98. The van der Waals surface area contributed by atoms with E-state index in [4.69, 9.17) is 0 Å². The molecule has 0 amide bonds. The van der Waals surface area contributed by atoms with Gasteiger partial charge in [0.2, 0.25) is 0 Å². The molecule has 1 fully saturated rings. The number of carbonyl (C=O) groups is 1. The minimum absolute atomic E-state index is 0.521. The van der Waals surface area contributed by atoms with Crippen LogP contribution in [0.15, 0.2) is 36.5 Å². The Bertz CT molecular complexity index is 618. The van der Waals surface area contributed by atoms with Gasteiger partial charge in [0.25, 0.3) is 0 Å². The Balaban J connectivity index is 1.94. The number of aromatic nitrogens is 1. The van der Waals surface area contributed by atoms with Gasteiger partial charge >= 0.3 is 5.97 Å². The number of carboxylic acid groups (broad SMARTS) is 1. The molecule has 19 heavy (non-hydrogen) atoms. The lowest BCUT2D eigenvalue weighted by Gasteiger charge is -2.24. The summed E-state index contributed by atoms with van der Waals surface area (Å²) in [5, 5.41) is 13.7. The lowest BCUT2D eigenvalue weighted by molar-refractivity contribution is -0.144. The molecule has 3 rings (SSSR count). The third-order valence-electron chi connectivity index (χ3n) is 3.83. The lowest BCUT2D eigenvalue weighted by Crippen LogP contribution is -2.49. The lowest BCUT2D eigenvalue weighted by atomic mass is 9.89. The van der Waals surface area contributed by atoms with Gasteiger partial charge in [0.15, 0.2) is 0 Å².